The number of hydrogen-bond donors (Lipinski definition) is 1. The lowest BCUT2D eigenvalue weighted by molar-refractivity contribution is -0.384. The summed E-state index contributed by atoms with van der Waals surface area (Å²) in [5.41, 5.74) is 0.0472. The molecule has 9 heteroatoms. The molecule has 1 aliphatic heterocycles. The van der Waals surface area contributed by atoms with Gasteiger partial charge < -0.3 is 14.6 Å². The molecule has 114 valence electrons. The highest BCUT2D eigenvalue weighted by molar-refractivity contribution is 7.99. The zero-order valence-corrected chi connectivity index (χ0v) is 12.2. The maximum absolute atomic E-state index is 12.5. The summed E-state index contributed by atoms with van der Waals surface area (Å²) < 4.78 is 1.40. The van der Waals surface area contributed by atoms with Crippen molar-refractivity contribution in [1.29, 1.82) is 0 Å². The average Bonchev–Trinajstić information content (AvgIpc) is 2.80. The molecule has 21 heavy (non-hydrogen) atoms. The molecule has 1 fully saturated rings. The first-order valence-corrected chi connectivity index (χ1v) is 7.47. The van der Waals surface area contributed by atoms with Gasteiger partial charge >= 0.3 is 5.97 Å². The van der Waals surface area contributed by atoms with Crippen LogP contribution in [0.1, 0.15) is 16.9 Å². The third-order valence-electron chi connectivity index (χ3n) is 3.32. The molecule has 1 aliphatic rings. The molecule has 1 amide bonds. The summed E-state index contributed by atoms with van der Waals surface area (Å²) in [5.74, 6) is -0.0332. The van der Waals surface area contributed by atoms with Crippen LogP contribution in [0, 0.1) is 10.1 Å². The lowest BCUT2D eigenvalue weighted by Gasteiger charge is -2.34. The Labute approximate surface area is 124 Å². The molecule has 1 saturated heterocycles. The molecule has 2 rings (SSSR count). The largest absolute Gasteiger partial charge is 0.481 e. The van der Waals surface area contributed by atoms with E-state index >= 15 is 0 Å². The predicted molar refractivity (Wildman–Crippen MR) is 76.5 cm³/mol. The van der Waals surface area contributed by atoms with E-state index in [4.69, 9.17) is 5.11 Å². The lowest BCUT2D eigenvalue weighted by Crippen LogP contribution is -2.47. The minimum absolute atomic E-state index is 0.120. The van der Waals surface area contributed by atoms with Crippen molar-refractivity contribution in [1.82, 2.24) is 9.47 Å². The van der Waals surface area contributed by atoms with Crippen molar-refractivity contribution in [2.75, 3.05) is 18.1 Å². The Morgan fingerprint density at radius 1 is 1.57 bits per heavy atom. The summed E-state index contributed by atoms with van der Waals surface area (Å²) in [6.45, 7) is 0.445. The highest BCUT2D eigenvalue weighted by Crippen LogP contribution is 2.23. The van der Waals surface area contributed by atoms with Crippen LogP contribution in [0.25, 0.3) is 0 Å². The SMILES string of the molecule is Cn1cc([N+](=O)[O-])cc1C(=O)N1CCSCC1CC(=O)O. The van der Waals surface area contributed by atoms with Gasteiger partial charge in [-0.05, 0) is 0 Å². The summed E-state index contributed by atoms with van der Waals surface area (Å²) in [6, 6.07) is 0.838. The fourth-order valence-corrected chi connectivity index (χ4v) is 3.36. The van der Waals surface area contributed by atoms with Crippen LogP contribution in [0.3, 0.4) is 0 Å². The summed E-state index contributed by atoms with van der Waals surface area (Å²) in [7, 11) is 1.56. The van der Waals surface area contributed by atoms with Gasteiger partial charge in [0.25, 0.3) is 11.6 Å². The maximum Gasteiger partial charge on any atom is 0.305 e. The number of carboxylic acid groups (broad SMARTS) is 1. The second kappa shape index (κ2) is 6.17. The number of hydrogen-bond acceptors (Lipinski definition) is 5. The Balaban J connectivity index is 2.24. The number of nitrogens with zero attached hydrogens (tertiary/aromatic N) is 3. The Hall–Kier alpha value is -2.03. The molecule has 0 bridgehead atoms. The fraction of sp³-hybridized carbons (Fsp3) is 0.500. The van der Waals surface area contributed by atoms with Gasteiger partial charge in [-0.1, -0.05) is 0 Å². The quantitative estimate of drug-likeness (QED) is 0.655. The number of amides is 1. The number of nitro groups is 1. The first-order valence-electron chi connectivity index (χ1n) is 6.31. The van der Waals surface area contributed by atoms with E-state index < -0.39 is 10.9 Å². The van der Waals surface area contributed by atoms with E-state index in [-0.39, 0.29) is 29.8 Å². The first kappa shape index (κ1) is 15.4. The van der Waals surface area contributed by atoms with E-state index in [1.165, 1.54) is 21.7 Å². The maximum atomic E-state index is 12.5. The van der Waals surface area contributed by atoms with E-state index in [0.717, 1.165) is 5.75 Å². The molecule has 0 aliphatic carbocycles. The molecule has 1 aromatic heterocycles. The molecule has 2 heterocycles. The second-order valence-corrected chi connectivity index (χ2v) is 5.93. The Bertz CT molecular complexity index is 585. The van der Waals surface area contributed by atoms with Crippen LogP contribution in [-0.2, 0) is 11.8 Å². The zero-order valence-electron chi connectivity index (χ0n) is 11.4. The normalized spacial score (nSPS) is 18.5. The molecule has 0 saturated carbocycles. The topological polar surface area (TPSA) is 106 Å². The van der Waals surface area contributed by atoms with Crippen molar-refractivity contribution in [2.45, 2.75) is 12.5 Å². The smallest absolute Gasteiger partial charge is 0.305 e. The van der Waals surface area contributed by atoms with E-state index in [2.05, 4.69) is 0 Å². The van der Waals surface area contributed by atoms with Crippen LogP contribution in [0.15, 0.2) is 12.3 Å². The Morgan fingerprint density at radius 2 is 2.29 bits per heavy atom. The molecular weight excluding hydrogens is 298 g/mol. The highest BCUT2D eigenvalue weighted by Gasteiger charge is 2.31. The Kier molecular flexibility index (Phi) is 4.51. The van der Waals surface area contributed by atoms with Crippen LogP contribution in [0.5, 0.6) is 0 Å². The minimum Gasteiger partial charge on any atom is -0.481 e. The molecule has 0 spiro atoms. The molecule has 1 atom stereocenters. The molecule has 1 unspecified atom stereocenters. The lowest BCUT2D eigenvalue weighted by atomic mass is 10.2. The first-order chi connectivity index (χ1) is 9.90. The van der Waals surface area contributed by atoms with Crippen molar-refractivity contribution >= 4 is 29.3 Å². The van der Waals surface area contributed by atoms with Gasteiger partial charge in [0.15, 0.2) is 0 Å². The van der Waals surface area contributed by atoms with Crippen molar-refractivity contribution in [3.8, 4) is 0 Å². The van der Waals surface area contributed by atoms with Gasteiger partial charge in [0.1, 0.15) is 5.69 Å². The van der Waals surface area contributed by atoms with Crippen molar-refractivity contribution in [2.24, 2.45) is 7.05 Å². The molecule has 0 radical (unpaired) electrons. The molecule has 1 N–H and O–H groups in total. The summed E-state index contributed by atoms with van der Waals surface area (Å²) in [5, 5.41) is 19.7. The molecule has 0 aromatic carbocycles. The van der Waals surface area contributed by atoms with Gasteiger partial charge in [0, 0.05) is 31.2 Å². The minimum atomic E-state index is -0.960. The number of rotatable bonds is 4. The number of aliphatic carboxylic acids is 1. The van der Waals surface area contributed by atoms with E-state index in [0.29, 0.717) is 12.3 Å². The summed E-state index contributed by atoms with van der Waals surface area (Å²) in [6.07, 6.45) is 1.16. The van der Waals surface area contributed by atoms with E-state index in [1.807, 2.05) is 0 Å². The molecule has 8 nitrogen and oxygen atoms in total. The van der Waals surface area contributed by atoms with Crippen LogP contribution in [-0.4, -0.2) is 55.5 Å². The number of carboxylic acids is 1. The Morgan fingerprint density at radius 3 is 2.86 bits per heavy atom. The number of aryl methyl sites for hydroxylation is 1. The number of aromatic nitrogens is 1. The number of thioether (sulfide) groups is 1. The van der Waals surface area contributed by atoms with E-state index in [1.54, 1.807) is 18.8 Å². The number of carbonyl (C=O) groups excluding carboxylic acids is 1. The third kappa shape index (κ3) is 3.35. The van der Waals surface area contributed by atoms with Gasteiger partial charge in [-0.25, -0.2) is 0 Å². The van der Waals surface area contributed by atoms with Crippen LogP contribution < -0.4 is 0 Å². The van der Waals surface area contributed by atoms with Gasteiger partial charge in [-0.3, -0.25) is 19.7 Å². The van der Waals surface area contributed by atoms with Crippen molar-refractivity contribution in [3.63, 3.8) is 0 Å². The summed E-state index contributed by atoms with van der Waals surface area (Å²) in [4.78, 5) is 35.1. The van der Waals surface area contributed by atoms with Crippen molar-refractivity contribution < 1.29 is 19.6 Å². The highest BCUT2D eigenvalue weighted by atomic mass is 32.2. The van der Waals surface area contributed by atoms with Gasteiger partial charge in [0.2, 0.25) is 0 Å². The van der Waals surface area contributed by atoms with Gasteiger partial charge in [-0.15, -0.1) is 0 Å². The van der Waals surface area contributed by atoms with Crippen LogP contribution in [0.2, 0.25) is 0 Å². The average molecular weight is 313 g/mol. The third-order valence-corrected chi connectivity index (χ3v) is 4.41. The number of carbonyl (C=O) groups is 2. The zero-order chi connectivity index (χ0) is 15.6. The van der Waals surface area contributed by atoms with Crippen LogP contribution >= 0.6 is 11.8 Å². The monoisotopic (exact) mass is 313 g/mol. The predicted octanol–water partition coefficient (Wildman–Crippen LogP) is 0.966. The van der Waals surface area contributed by atoms with Gasteiger partial charge in [0.05, 0.1) is 23.6 Å². The van der Waals surface area contributed by atoms with Gasteiger partial charge in [-0.2, -0.15) is 11.8 Å². The summed E-state index contributed by atoms with van der Waals surface area (Å²) >= 11 is 1.60. The van der Waals surface area contributed by atoms with Crippen molar-refractivity contribution in [3.05, 3.63) is 28.1 Å². The standard InChI is InChI=1S/C12H15N3O5S/c1-13-6-8(15(19)20)4-10(13)12(18)14-2-3-21-7-9(14)5-11(16)17/h4,6,9H,2-3,5,7H2,1H3,(H,16,17). The fourth-order valence-electron chi connectivity index (χ4n) is 2.30. The molecular formula is C12H15N3O5S. The van der Waals surface area contributed by atoms with E-state index in [9.17, 15) is 19.7 Å². The van der Waals surface area contributed by atoms with Crippen LogP contribution in [0.4, 0.5) is 5.69 Å². The second-order valence-electron chi connectivity index (χ2n) is 4.78. The molecule has 1 aromatic rings.